The smallest absolute Gasteiger partial charge is 0.246 e. The Hall–Kier alpha value is -0.660. The lowest BCUT2D eigenvalue weighted by Crippen LogP contribution is -2.37. The Morgan fingerprint density at radius 3 is 2.35 bits per heavy atom. The van der Waals surface area contributed by atoms with E-state index in [1.54, 1.807) is 6.92 Å². The van der Waals surface area contributed by atoms with Crippen molar-refractivity contribution in [2.45, 2.75) is 33.3 Å². The van der Waals surface area contributed by atoms with Crippen molar-refractivity contribution in [3.8, 4) is 0 Å². The Balaban J connectivity index is 3.79. The molecular formula is C10H22N2O4S. The summed E-state index contributed by atoms with van der Waals surface area (Å²) >= 11 is 0. The van der Waals surface area contributed by atoms with Crippen molar-refractivity contribution >= 4 is 15.9 Å². The minimum atomic E-state index is -3.28. The molecule has 0 aliphatic heterocycles. The molecule has 0 saturated carbocycles. The third-order valence-electron chi connectivity index (χ3n) is 1.69. The number of ether oxygens (including phenoxy) is 1. The van der Waals surface area contributed by atoms with Crippen LogP contribution in [0.2, 0.25) is 0 Å². The van der Waals surface area contributed by atoms with Gasteiger partial charge in [0.2, 0.25) is 15.9 Å². The summed E-state index contributed by atoms with van der Waals surface area (Å²) in [6.07, 6.45) is 0. The minimum absolute atomic E-state index is 0.0647. The fraction of sp³-hybridized carbons (Fsp3) is 0.900. The van der Waals surface area contributed by atoms with Crippen molar-refractivity contribution in [2.24, 2.45) is 0 Å². The quantitative estimate of drug-likeness (QED) is 0.671. The zero-order valence-electron chi connectivity index (χ0n) is 10.9. The molecule has 0 unspecified atom stereocenters. The summed E-state index contributed by atoms with van der Waals surface area (Å²) in [7, 11) is -3.28. The van der Waals surface area contributed by atoms with Gasteiger partial charge in [0.05, 0.1) is 11.4 Å². The third kappa shape index (κ3) is 10.2. The van der Waals surface area contributed by atoms with Crippen LogP contribution in [0.25, 0.3) is 0 Å². The van der Waals surface area contributed by atoms with E-state index >= 15 is 0 Å². The maximum atomic E-state index is 11.3. The second-order valence-corrected chi connectivity index (χ2v) is 6.49. The summed E-state index contributed by atoms with van der Waals surface area (Å²) in [5.41, 5.74) is -0.382. The predicted molar refractivity (Wildman–Crippen MR) is 66.2 cm³/mol. The standard InChI is InChI=1S/C10H22N2O4S/c1-5-12-17(14,15)7-6-11-9(13)8-16-10(2,3)4/h12H,5-8H2,1-4H3,(H,11,13). The molecule has 0 aliphatic carbocycles. The first-order valence-corrected chi connectivity index (χ1v) is 7.19. The van der Waals surface area contributed by atoms with E-state index in [9.17, 15) is 13.2 Å². The van der Waals surface area contributed by atoms with Crippen molar-refractivity contribution < 1.29 is 17.9 Å². The SMILES string of the molecule is CCNS(=O)(=O)CCNC(=O)COC(C)(C)C. The normalized spacial score (nSPS) is 12.5. The van der Waals surface area contributed by atoms with Gasteiger partial charge in [0.25, 0.3) is 0 Å². The minimum Gasteiger partial charge on any atom is -0.366 e. The van der Waals surface area contributed by atoms with Gasteiger partial charge in [-0.25, -0.2) is 13.1 Å². The monoisotopic (exact) mass is 266 g/mol. The van der Waals surface area contributed by atoms with Crippen LogP contribution in [0.3, 0.4) is 0 Å². The van der Waals surface area contributed by atoms with Crippen LogP contribution in [0.15, 0.2) is 0 Å². The van der Waals surface area contributed by atoms with E-state index in [1.165, 1.54) is 0 Å². The average molecular weight is 266 g/mol. The molecule has 0 spiro atoms. The number of sulfonamides is 1. The second kappa shape index (κ2) is 6.93. The molecule has 0 rings (SSSR count). The highest BCUT2D eigenvalue weighted by Gasteiger charge is 2.13. The molecule has 1 amide bonds. The van der Waals surface area contributed by atoms with Gasteiger partial charge in [0.1, 0.15) is 6.61 Å². The molecule has 0 fully saturated rings. The van der Waals surface area contributed by atoms with Crippen LogP contribution in [0.1, 0.15) is 27.7 Å². The molecule has 0 radical (unpaired) electrons. The zero-order valence-corrected chi connectivity index (χ0v) is 11.7. The molecule has 0 aromatic carbocycles. The highest BCUT2D eigenvalue weighted by atomic mass is 32.2. The first-order chi connectivity index (χ1) is 7.66. The maximum absolute atomic E-state index is 11.3. The van der Waals surface area contributed by atoms with E-state index in [0.29, 0.717) is 6.54 Å². The molecule has 0 aliphatic rings. The van der Waals surface area contributed by atoms with Crippen LogP contribution in [-0.2, 0) is 19.6 Å². The lowest BCUT2D eigenvalue weighted by atomic mass is 10.2. The Morgan fingerprint density at radius 1 is 1.29 bits per heavy atom. The van der Waals surface area contributed by atoms with Crippen LogP contribution >= 0.6 is 0 Å². The molecular weight excluding hydrogens is 244 g/mol. The van der Waals surface area contributed by atoms with E-state index < -0.39 is 10.0 Å². The lowest BCUT2D eigenvalue weighted by molar-refractivity contribution is -0.130. The van der Waals surface area contributed by atoms with Crippen molar-refractivity contribution in [1.29, 1.82) is 0 Å². The van der Waals surface area contributed by atoms with Gasteiger partial charge in [-0.15, -0.1) is 0 Å². The second-order valence-electron chi connectivity index (χ2n) is 4.57. The van der Waals surface area contributed by atoms with E-state index in [0.717, 1.165) is 0 Å². The van der Waals surface area contributed by atoms with E-state index in [1.807, 2.05) is 20.8 Å². The van der Waals surface area contributed by atoms with Gasteiger partial charge < -0.3 is 10.1 Å². The van der Waals surface area contributed by atoms with Crippen molar-refractivity contribution in [1.82, 2.24) is 10.0 Å². The zero-order chi connectivity index (χ0) is 13.5. The molecule has 17 heavy (non-hydrogen) atoms. The van der Waals surface area contributed by atoms with Gasteiger partial charge in [-0.2, -0.15) is 0 Å². The van der Waals surface area contributed by atoms with E-state index in [-0.39, 0.29) is 30.4 Å². The summed E-state index contributed by atoms with van der Waals surface area (Å²) in [5, 5.41) is 2.49. The highest BCUT2D eigenvalue weighted by Crippen LogP contribution is 2.05. The molecule has 0 heterocycles. The number of carbonyl (C=O) groups is 1. The number of nitrogens with one attached hydrogen (secondary N) is 2. The van der Waals surface area contributed by atoms with Gasteiger partial charge in [0.15, 0.2) is 0 Å². The van der Waals surface area contributed by atoms with Gasteiger partial charge in [-0.1, -0.05) is 6.92 Å². The molecule has 0 aromatic rings. The summed E-state index contributed by atoms with van der Waals surface area (Å²) < 4.78 is 30.1. The maximum Gasteiger partial charge on any atom is 0.246 e. The molecule has 0 aromatic heterocycles. The molecule has 0 bridgehead atoms. The molecule has 6 nitrogen and oxygen atoms in total. The van der Waals surface area contributed by atoms with Crippen LogP contribution in [0, 0.1) is 0 Å². The Labute approximate surface area is 103 Å². The van der Waals surface area contributed by atoms with Crippen molar-refractivity contribution in [3.05, 3.63) is 0 Å². The summed E-state index contributed by atoms with van der Waals surface area (Å²) in [6, 6.07) is 0. The van der Waals surface area contributed by atoms with Crippen LogP contribution in [0.5, 0.6) is 0 Å². The number of amides is 1. The van der Waals surface area contributed by atoms with E-state index in [4.69, 9.17) is 4.74 Å². The predicted octanol–water partition coefficient (Wildman–Crippen LogP) is -0.143. The van der Waals surface area contributed by atoms with Crippen LogP contribution in [-0.4, -0.2) is 45.4 Å². The fourth-order valence-electron chi connectivity index (χ4n) is 0.950. The Bertz CT molecular complexity index is 333. The fourth-order valence-corrected chi connectivity index (χ4v) is 1.90. The van der Waals surface area contributed by atoms with Gasteiger partial charge in [-0.05, 0) is 20.8 Å². The van der Waals surface area contributed by atoms with E-state index in [2.05, 4.69) is 10.0 Å². The highest BCUT2D eigenvalue weighted by molar-refractivity contribution is 7.89. The van der Waals surface area contributed by atoms with Crippen LogP contribution < -0.4 is 10.0 Å². The van der Waals surface area contributed by atoms with Crippen molar-refractivity contribution in [3.63, 3.8) is 0 Å². The molecule has 7 heteroatoms. The Morgan fingerprint density at radius 2 is 1.88 bits per heavy atom. The largest absolute Gasteiger partial charge is 0.366 e. The number of rotatable bonds is 7. The van der Waals surface area contributed by atoms with Crippen molar-refractivity contribution in [2.75, 3.05) is 25.4 Å². The first-order valence-electron chi connectivity index (χ1n) is 5.54. The number of hydrogen-bond donors (Lipinski definition) is 2. The number of carbonyl (C=O) groups excluding carboxylic acids is 1. The summed E-state index contributed by atoms with van der Waals surface area (Å²) in [6.45, 7) is 7.60. The summed E-state index contributed by atoms with van der Waals surface area (Å²) in [5.74, 6) is -0.436. The molecule has 102 valence electrons. The Kier molecular flexibility index (Phi) is 6.66. The molecule has 0 saturated heterocycles. The summed E-state index contributed by atoms with van der Waals surface area (Å²) in [4.78, 5) is 11.3. The van der Waals surface area contributed by atoms with Gasteiger partial charge in [0, 0.05) is 13.1 Å². The van der Waals surface area contributed by atoms with Gasteiger partial charge in [-0.3, -0.25) is 4.79 Å². The average Bonchev–Trinajstić information content (AvgIpc) is 2.13. The van der Waals surface area contributed by atoms with Crippen LogP contribution in [0.4, 0.5) is 0 Å². The number of hydrogen-bond acceptors (Lipinski definition) is 4. The third-order valence-corrected chi connectivity index (χ3v) is 3.16. The van der Waals surface area contributed by atoms with Gasteiger partial charge >= 0.3 is 0 Å². The molecule has 0 atom stereocenters. The lowest BCUT2D eigenvalue weighted by Gasteiger charge is -2.18. The first kappa shape index (κ1) is 16.3. The topological polar surface area (TPSA) is 84.5 Å². The molecule has 2 N–H and O–H groups in total.